The van der Waals surface area contributed by atoms with Gasteiger partial charge in [-0.3, -0.25) is 4.79 Å². The van der Waals surface area contributed by atoms with Crippen molar-refractivity contribution in [2.45, 2.75) is 19.4 Å². The Labute approximate surface area is 149 Å². The van der Waals surface area contributed by atoms with Crippen LogP contribution in [-0.4, -0.2) is 16.1 Å². The van der Waals surface area contributed by atoms with Crippen molar-refractivity contribution < 1.29 is 0 Å². The number of rotatable bonds is 5. The average Bonchev–Trinajstić information content (AvgIpc) is 2.60. The predicted molar refractivity (Wildman–Crippen MR) is 104 cm³/mol. The van der Waals surface area contributed by atoms with E-state index in [1.54, 1.807) is 11.6 Å². The van der Waals surface area contributed by atoms with Gasteiger partial charge in [-0.2, -0.15) is 13.5 Å². The topological polar surface area (TPSA) is 46.9 Å². The molecule has 0 saturated carbocycles. The lowest BCUT2D eigenvalue weighted by atomic mass is 10.0. The van der Waals surface area contributed by atoms with Gasteiger partial charge in [-0.05, 0) is 23.6 Å². The Morgan fingerprint density at radius 2 is 1.75 bits per heavy atom. The summed E-state index contributed by atoms with van der Waals surface area (Å²) in [6.45, 7) is 3.46. The molecule has 0 aliphatic carbocycles. The first-order valence-electron chi connectivity index (χ1n) is 7.87. The lowest BCUT2D eigenvalue weighted by Gasteiger charge is -2.13. The van der Waals surface area contributed by atoms with E-state index in [1.807, 2.05) is 42.5 Å². The van der Waals surface area contributed by atoms with Crippen LogP contribution in [0.25, 0.3) is 11.0 Å². The number of benzene rings is 2. The second-order valence-electron chi connectivity index (χ2n) is 5.85. The van der Waals surface area contributed by atoms with E-state index in [-0.39, 0.29) is 19.1 Å². The largest absolute Gasteiger partial charge is 0.310 e. The minimum absolute atomic E-state index is 0. The monoisotopic (exact) mass is 341 g/mol. The molecule has 0 aliphatic heterocycles. The quantitative estimate of drug-likeness (QED) is 0.776. The van der Waals surface area contributed by atoms with Gasteiger partial charge in [0, 0.05) is 20.1 Å². The number of fused-ring (bicyclic) bond motifs is 1. The van der Waals surface area contributed by atoms with Crippen LogP contribution in [0.5, 0.6) is 0 Å². The van der Waals surface area contributed by atoms with Crippen LogP contribution in [0.1, 0.15) is 24.1 Å². The summed E-state index contributed by atoms with van der Waals surface area (Å²) in [5, 5.41) is 3.36. The van der Waals surface area contributed by atoms with Crippen molar-refractivity contribution in [1.29, 1.82) is 0 Å². The number of hydrogen-bond acceptors (Lipinski definition) is 3. The molecule has 1 atom stereocenters. The standard InChI is InChI=1S/C19H21N3O.H2S/c1-14(15-8-4-3-5-9-15)12-20-13-17-19(23)22(2)18-11-7-6-10-16(18)21-17;/h3-11,14,20H,12-13H2,1-2H3;1H2/t14-;/m1./s1. The summed E-state index contributed by atoms with van der Waals surface area (Å²) in [4.78, 5) is 16.9. The van der Waals surface area contributed by atoms with E-state index in [1.165, 1.54) is 5.56 Å². The van der Waals surface area contributed by atoms with Crippen LogP contribution >= 0.6 is 13.5 Å². The van der Waals surface area contributed by atoms with Crippen LogP contribution in [0.4, 0.5) is 0 Å². The molecule has 1 aromatic heterocycles. The number of aromatic nitrogens is 2. The molecule has 0 amide bonds. The lowest BCUT2D eigenvalue weighted by molar-refractivity contribution is 0.603. The Morgan fingerprint density at radius 3 is 2.50 bits per heavy atom. The smallest absolute Gasteiger partial charge is 0.273 e. The molecule has 0 saturated heterocycles. The molecule has 0 fully saturated rings. The Hall–Kier alpha value is -2.11. The Kier molecular flexibility index (Phi) is 6.17. The van der Waals surface area contributed by atoms with E-state index in [0.29, 0.717) is 18.2 Å². The van der Waals surface area contributed by atoms with Crippen molar-refractivity contribution in [3.63, 3.8) is 0 Å². The number of aryl methyl sites for hydroxylation is 1. The van der Waals surface area contributed by atoms with Gasteiger partial charge in [0.15, 0.2) is 0 Å². The summed E-state index contributed by atoms with van der Waals surface area (Å²) in [5.41, 5.74) is 3.52. The fourth-order valence-corrected chi connectivity index (χ4v) is 2.76. The van der Waals surface area contributed by atoms with Crippen LogP contribution in [-0.2, 0) is 13.6 Å². The maximum absolute atomic E-state index is 12.4. The average molecular weight is 341 g/mol. The molecular formula is C19H23N3OS. The highest BCUT2D eigenvalue weighted by Crippen LogP contribution is 2.13. The molecule has 1 N–H and O–H groups in total. The lowest BCUT2D eigenvalue weighted by Crippen LogP contribution is -2.29. The molecule has 0 unspecified atom stereocenters. The molecule has 126 valence electrons. The number of nitrogens with one attached hydrogen (secondary N) is 1. The molecule has 0 bridgehead atoms. The van der Waals surface area contributed by atoms with Gasteiger partial charge in [-0.15, -0.1) is 0 Å². The molecule has 1 heterocycles. The first kappa shape index (κ1) is 18.2. The second kappa shape index (κ2) is 8.13. The fourth-order valence-electron chi connectivity index (χ4n) is 2.76. The minimum atomic E-state index is -0.0384. The summed E-state index contributed by atoms with van der Waals surface area (Å²) in [7, 11) is 1.79. The normalized spacial score (nSPS) is 11.9. The third-order valence-electron chi connectivity index (χ3n) is 4.16. The summed E-state index contributed by atoms with van der Waals surface area (Å²) < 4.78 is 1.67. The molecule has 4 nitrogen and oxygen atoms in total. The van der Waals surface area contributed by atoms with Crippen molar-refractivity contribution in [2.75, 3.05) is 6.54 Å². The zero-order valence-electron chi connectivity index (χ0n) is 14.0. The second-order valence-corrected chi connectivity index (χ2v) is 5.85. The maximum Gasteiger partial charge on any atom is 0.273 e. The van der Waals surface area contributed by atoms with Gasteiger partial charge < -0.3 is 9.88 Å². The fraction of sp³-hybridized carbons (Fsp3) is 0.263. The molecule has 0 radical (unpaired) electrons. The van der Waals surface area contributed by atoms with Gasteiger partial charge in [0.25, 0.3) is 5.56 Å². The Morgan fingerprint density at radius 1 is 1.08 bits per heavy atom. The predicted octanol–water partition coefficient (Wildman–Crippen LogP) is 2.94. The van der Waals surface area contributed by atoms with Crippen LogP contribution < -0.4 is 10.9 Å². The highest BCUT2D eigenvalue weighted by molar-refractivity contribution is 7.59. The molecule has 0 spiro atoms. The third-order valence-corrected chi connectivity index (χ3v) is 4.16. The van der Waals surface area contributed by atoms with Gasteiger partial charge >= 0.3 is 0 Å². The van der Waals surface area contributed by atoms with Gasteiger partial charge in [0.05, 0.1) is 11.0 Å². The number of hydrogen-bond donors (Lipinski definition) is 1. The summed E-state index contributed by atoms with van der Waals surface area (Å²) in [5.74, 6) is 0.389. The Bertz CT molecular complexity index is 861. The molecule has 24 heavy (non-hydrogen) atoms. The highest BCUT2D eigenvalue weighted by atomic mass is 32.1. The first-order chi connectivity index (χ1) is 11.2. The molecule has 5 heteroatoms. The van der Waals surface area contributed by atoms with Crippen molar-refractivity contribution in [3.8, 4) is 0 Å². The summed E-state index contributed by atoms with van der Waals surface area (Å²) in [6.07, 6.45) is 0. The SMILES string of the molecule is C[C@H](CNCc1nc2ccccc2n(C)c1=O)c1ccccc1.S. The van der Waals surface area contributed by atoms with Crippen molar-refractivity contribution in [1.82, 2.24) is 14.9 Å². The molecule has 3 rings (SSSR count). The molecule has 2 aromatic carbocycles. The van der Waals surface area contributed by atoms with E-state index in [9.17, 15) is 4.79 Å². The van der Waals surface area contributed by atoms with Crippen LogP contribution in [0.15, 0.2) is 59.4 Å². The van der Waals surface area contributed by atoms with Crippen molar-refractivity contribution >= 4 is 24.5 Å². The van der Waals surface area contributed by atoms with E-state index >= 15 is 0 Å². The molecular weight excluding hydrogens is 318 g/mol. The zero-order valence-corrected chi connectivity index (χ0v) is 15.0. The number of para-hydroxylation sites is 2. The maximum atomic E-state index is 12.4. The summed E-state index contributed by atoms with van der Waals surface area (Å²) in [6, 6.07) is 18.1. The first-order valence-corrected chi connectivity index (χ1v) is 7.87. The molecule has 0 aliphatic rings. The van der Waals surface area contributed by atoms with Gasteiger partial charge in [-0.1, -0.05) is 49.4 Å². The van der Waals surface area contributed by atoms with Gasteiger partial charge in [0.1, 0.15) is 5.69 Å². The van der Waals surface area contributed by atoms with E-state index in [2.05, 4.69) is 29.4 Å². The van der Waals surface area contributed by atoms with Crippen molar-refractivity contribution in [2.24, 2.45) is 7.05 Å². The summed E-state index contributed by atoms with van der Waals surface area (Å²) >= 11 is 0. The van der Waals surface area contributed by atoms with Crippen molar-refractivity contribution in [3.05, 3.63) is 76.2 Å². The van der Waals surface area contributed by atoms with E-state index in [0.717, 1.165) is 17.6 Å². The van der Waals surface area contributed by atoms with Crippen LogP contribution in [0, 0.1) is 0 Å². The highest BCUT2D eigenvalue weighted by Gasteiger charge is 2.09. The van der Waals surface area contributed by atoms with Gasteiger partial charge in [0.2, 0.25) is 0 Å². The number of nitrogens with zero attached hydrogens (tertiary/aromatic N) is 2. The van der Waals surface area contributed by atoms with Gasteiger partial charge in [-0.25, -0.2) is 4.98 Å². The molecule has 3 aromatic rings. The van der Waals surface area contributed by atoms with E-state index in [4.69, 9.17) is 0 Å². The van der Waals surface area contributed by atoms with Crippen LogP contribution in [0.2, 0.25) is 0 Å². The van der Waals surface area contributed by atoms with Crippen LogP contribution in [0.3, 0.4) is 0 Å². The Balaban J connectivity index is 0.00000208. The third kappa shape index (κ3) is 3.86. The minimum Gasteiger partial charge on any atom is -0.310 e. The van der Waals surface area contributed by atoms with E-state index < -0.39 is 0 Å². The zero-order chi connectivity index (χ0) is 16.2.